The van der Waals surface area contributed by atoms with E-state index in [0.29, 0.717) is 0 Å². The minimum absolute atomic E-state index is 0. The van der Waals surface area contributed by atoms with Crippen molar-refractivity contribution in [2.24, 2.45) is 20.0 Å². The monoisotopic (exact) mass is 636 g/mol. The van der Waals surface area contributed by atoms with Gasteiger partial charge in [0.1, 0.15) is 0 Å². The molecule has 0 N–H and O–H groups in total. The molecule has 4 nitrogen and oxygen atoms in total. The zero-order valence-electron chi connectivity index (χ0n) is 28.0. The van der Waals surface area contributed by atoms with Crippen LogP contribution in [0.3, 0.4) is 0 Å². The van der Waals surface area contributed by atoms with Gasteiger partial charge in [0.2, 0.25) is 0 Å². The summed E-state index contributed by atoms with van der Waals surface area (Å²) in [6.45, 7) is 0. The van der Waals surface area contributed by atoms with Crippen LogP contribution in [0.4, 0.5) is 0 Å². The summed E-state index contributed by atoms with van der Waals surface area (Å²) >= 11 is 0. The summed E-state index contributed by atoms with van der Waals surface area (Å²) in [6, 6.07) is 42.1. The molecule has 8 bridgehead atoms. The van der Waals surface area contributed by atoms with Gasteiger partial charge >= 0.3 is 29.6 Å². The summed E-state index contributed by atoms with van der Waals surface area (Å²) in [5.74, 6) is 0. The molecule has 0 aliphatic carbocycles. The van der Waals surface area contributed by atoms with Crippen molar-refractivity contribution in [1.82, 2.24) is 0 Å². The van der Waals surface area contributed by atoms with Gasteiger partial charge in [-0.05, 0) is 70.9 Å². The number of allylic oxidation sites excluding steroid dienone is 12. The van der Waals surface area contributed by atoms with Crippen molar-refractivity contribution in [3.8, 4) is 0 Å². The Hall–Kier alpha value is -5.52. The smallest absolute Gasteiger partial charge is 1.00 e. The molecule has 49 heavy (non-hydrogen) atoms. The van der Waals surface area contributed by atoms with E-state index in [0.717, 1.165) is 90.2 Å². The molecule has 5 aliphatic rings. The van der Waals surface area contributed by atoms with Crippen LogP contribution in [0, 0.1) is 0 Å². The zero-order chi connectivity index (χ0) is 31.9. The van der Waals surface area contributed by atoms with Crippen LogP contribution in [-0.4, -0.2) is 22.8 Å². The van der Waals surface area contributed by atoms with Crippen molar-refractivity contribution in [3.05, 3.63) is 215 Å². The van der Waals surface area contributed by atoms with Crippen LogP contribution in [0.15, 0.2) is 213 Å². The summed E-state index contributed by atoms with van der Waals surface area (Å²) < 4.78 is 0. The SMILES string of the molecule is C1=CC2=NC1=CC1=NC(=C(c3ccccc3)C3=NC(=CC4=NC(=C2)C=C4)C=C3c2ccccc2)C(c2ccccc2)=C1c1ccccc1.[H-].[Na+]. The van der Waals surface area contributed by atoms with Crippen molar-refractivity contribution < 1.29 is 31.0 Å². The average Bonchev–Trinajstić information content (AvgIpc) is 3.94. The van der Waals surface area contributed by atoms with Gasteiger partial charge in [-0.2, -0.15) is 0 Å². The number of hydrogen-bond acceptors (Lipinski definition) is 4. The molecule has 0 amide bonds. The van der Waals surface area contributed by atoms with Gasteiger partial charge in [-0.1, -0.05) is 121 Å². The zero-order valence-corrected chi connectivity index (χ0v) is 29.0. The summed E-state index contributed by atoms with van der Waals surface area (Å²) in [7, 11) is 0. The van der Waals surface area contributed by atoms with E-state index in [1.54, 1.807) is 0 Å². The second-order valence-electron chi connectivity index (χ2n) is 11.9. The second kappa shape index (κ2) is 13.2. The molecule has 5 heteroatoms. The van der Waals surface area contributed by atoms with Crippen molar-refractivity contribution in [1.29, 1.82) is 0 Å². The van der Waals surface area contributed by atoms with Crippen molar-refractivity contribution >= 4 is 45.1 Å². The molecule has 4 aromatic rings. The molecule has 5 heterocycles. The second-order valence-corrected chi connectivity index (χ2v) is 11.9. The van der Waals surface area contributed by atoms with Gasteiger partial charge in [0.15, 0.2) is 0 Å². The Morgan fingerprint density at radius 2 is 0.837 bits per heavy atom. The number of fused-ring (bicyclic) bond motifs is 4. The molecule has 9 rings (SSSR count). The topological polar surface area (TPSA) is 49.4 Å². The van der Waals surface area contributed by atoms with E-state index in [1.165, 1.54) is 0 Å². The van der Waals surface area contributed by atoms with Gasteiger partial charge in [-0.25, -0.2) is 20.0 Å². The van der Waals surface area contributed by atoms with E-state index in [2.05, 4.69) is 133 Å². The minimum atomic E-state index is 0. The molecule has 0 aromatic heterocycles. The number of benzene rings is 4. The molecule has 226 valence electrons. The first-order chi connectivity index (χ1) is 23.8. The third-order valence-electron chi connectivity index (χ3n) is 8.75. The Morgan fingerprint density at radius 3 is 1.41 bits per heavy atom. The van der Waals surface area contributed by atoms with E-state index in [1.807, 2.05) is 36.4 Å². The van der Waals surface area contributed by atoms with E-state index < -0.39 is 0 Å². The number of rotatable bonds is 4. The molecule has 4 aromatic carbocycles. The van der Waals surface area contributed by atoms with Crippen LogP contribution < -0.4 is 29.6 Å². The number of hydrogen-bond donors (Lipinski definition) is 0. The Bertz CT molecular complexity index is 2380. The molecule has 0 unspecified atom stereocenters. The largest absolute Gasteiger partial charge is 1.00 e. The average molecular weight is 637 g/mol. The van der Waals surface area contributed by atoms with E-state index in [4.69, 9.17) is 20.0 Å². The molecule has 0 radical (unpaired) electrons. The maximum atomic E-state index is 5.56. The summed E-state index contributed by atoms with van der Waals surface area (Å²) in [6.07, 6.45) is 16.5. The molecule has 0 fully saturated rings. The molecule has 0 spiro atoms. The Balaban J connectivity index is 0.00000196. The fourth-order valence-electron chi connectivity index (χ4n) is 6.63. The van der Waals surface area contributed by atoms with Crippen molar-refractivity contribution in [3.63, 3.8) is 0 Å². The maximum absolute atomic E-state index is 5.56. The first kappa shape index (κ1) is 30.8. The third-order valence-corrected chi connectivity index (χ3v) is 8.75. The van der Waals surface area contributed by atoms with Crippen molar-refractivity contribution in [2.45, 2.75) is 0 Å². The maximum Gasteiger partial charge on any atom is 1.00 e. The quantitative estimate of drug-likeness (QED) is 0.221. The van der Waals surface area contributed by atoms with Gasteiger partial charge in [-0.15, -0.1) is 0 Å². The first-order valence-electron chi connectivity index (χ1n) is 16.1. The normalized spacial score (nSPS) is 17.5. The fraction of sp³-hybridized carbons (Fsp3) is 0. The van der Waals surface area contributed by atoms with Gasteiger partial charge in [0, 0.05) is 22.3 Å². The standard InChI is InChI=1S/C44H28N4.Na.H/c1-5-13-29(14-6-1)38-27-37-26-35-22-21-33(45-35)25-34-23-24-36(46-34)28-39-40(30-15-7-2-8-16-30)41(31-17-9-3-10-18-31)44(48-39)42(43(38)47-37)32-19-11-4-12-20-32;;/h1-28H;;/q;+1;-1. The number of nitrogens with zero attached hydrogens (tertiary/aromatic N) is 4. The van der Waals surface area contributed by atoms with E-state index >= 15 is 0 Å². The third kappa shape index (κ3) is 5.92. The molecule has 5 aliphatic heterocycles. The summed E-state index contributed by atoms with van der Waals surface area (Å²) in [5.41, 5.74) is 15.3. The summed E-state index contributed by atoms with van der Waals surface area (Å²) in [4.78, 5) is 20.8. The molecule has 0 saturated heterocycles. The minimum Gasteiger partial charge on any atom is -1.00 e. The van der Waals surface area contributed by atoms with Crippen LogP contribution in [0.2, 0.25) is 0 Å². The molecule has 0 saturated carbocycles. The van der Waals surface area contributed by atoms with Gasteiger partial charge in [0.05, 0.1) is 45.6 Å². The first-order valence-corrected chi connectivity index (χ1v) is 16.1. The molecule has 0 atom stereocenters. The Kier molecular flexibility index (Phi) is 8.28. The van der Waals surface area contributed by atoms with Gasteiger partial charge in [-0.3, -0.25) is 0 Å². The van der Waals surface area contributed by atoms with Gasteiger partial charge in [0.25, 0.3) is 0 Å². The summed E-state index contributed by atoms with van der Waals surface area (Å²) in [5, 5.41) is 0. The van der Waals surface area contributed by atoms with Crippen LogP contribution >= 0.6 is 0 Å². The fourth-order valence-corrected chi connectivity index (χ4v) is 6.63. The van der Waals surface area contributed by atoms with Crippen LogP contribution in [0.25, 0.3) is 22.3 Å². The van der Waals surface area contributed by atoms with Crippen LogP contribution in [0.1, 0.15) is 23.7 Å². The molecular weight excluding hydrogens is 608 g/mol. The van der Waals surface area contributed by atoms with Crippen molar-refractivity contribution in [2.75, 3.05) is 0 Å². The van der Waals surface area contributed by atoms with E-state index in [9.17, 15) is 0 Å². The van der Waals surface area contributed by atoms with Crippen LogP contribution in [0.5, 0.6) is 0 Å². The van der Waals surface area contributed by atoms with E-state index in [-0.39, 0.29) is 31.0 Å². The predicted molar refractivity (Wildman–Crippen MR) is 201 cm³/mol. The number of aliphatic imine (C=N–C) groups is 4. The Labute approximate surface area is 309 Å². The van der Waals surface area contributed by atoms with Crippen LogP contribution in [-0.2, 0) is 0 Å². The predicted octanol–water partition coefficient (Wildman–Crippen LogP) is 6.80. The Morgan fingerprint density at radius 1 is 0.367 bits per heavy atom. The molecular formula is C44H29N4Na. The van der Waals surface area contributed by atoms with Gasteiger partial charge < -0.3 is 1.43 Å².